The van der Waals surface area contributed by atoms with Gasteiger partial charge in [0.2, 0.25) is 0 Å². The Morgan fingerprint density at radius 2 is 1.39 bits per heavy atom. The fraction of sp³-hybridized carbons (Fsp3) is 0.720. The molecule has 9 nitrogen and oxygen atoms in total. The van der Waals surface area contributed by atoms with E-state index in [4.69, 9.17) is 14.2 Å². The number of halogens is 5. The number of rotatable bonds is 10. The lowest BCUT2D eigenvalue weighted by Crippen LogP contribution is -2.55. The Labute approximate surface area is 234 Å². The fourth-order valence-electron chi connectivity index (χ4n) is 7.33. The molecule has 0 N–H and O–H groups in total. The van der Waals surface area contributed by atoms with Crippen LogP contribution in [0.15, 0.2) is 30.3 Å². The minimum absolute atomic E-state index is 0.0829. The number of carbonyl (C=O) groups excluding carboxylic acids is 1. The lowest BCUT2D eigenvalue weighted by atomic mass is 9.50. The van der Waals surface area contributed by atoms with E-state index in [0.717, 1.165) is 19.3 Å². The van der Waals surface area contributed by atoms with Gasteiger partial charge in [0, 0.05) is 23.9 Å². The Morgan fingerprint density at radius 1 is 0.878 bits per heavy atom. The molecule has 1 aromatic carbocycles. The van der Waals surface area contributed by atoms with Crippen LogP contribution in [0.2, 0.25) is 0 Å². The number of ether oxygens (including phenoxy) is 3. The van der Waals surface area contributed by atoms with E-state index in [1.807, 2.05) is 0 Å². The zero-order chi connectivity index (χ0) is 29.9. The van der Waals surface area contributed by atoms with E-state index in [9.17, 15) is 34.8 Å². The molecule has 1 aliphatic heterocycles. The van der Waals surface area contributed by atoms with E-state index in [0.29, 0.717) is 37.0 Å². The molecular formula is C25H30F5NO8S2. The van der Waals surface area contributed by atoms with Crippen LogP contribution in [-0.4, -0.2) is 63.6 Å². The average molecular weight is 632 g/mol. The summed E-state index contributed by atoms with van der Waals surface area (Å²) in [5.74, 6) is -3.51. The third-order valence-electron chi connectivity index (χ3n) is 8.66. The Kier molecular flexibility index (Phi) is 7.74. The summed E-state index contributed by atoms with van der Waals surface area (Å²) in [5, 5.41) is -5.63. The van der Waals surface area contributed by atoms with E-state index in [2.05, 4.69) is 0 Å². The Morgan fingerprint density at radius 3 is 1.88 bits per heavy atom. The summed E-state index contributed by atoms with van der Waals surface area (Å²) in [6.07, 6.45) is 3.88. The van der Waals surface area contributed by atoms with Crippen LogP contribution in [0.3, 0.4) is 0 Å². The predicted molar refractivity (Wildman–Crippen MR) is 132 cm³/mol. The average Bonchev–Trinajstić information content (AvgIpc) is 3.36. The van der Waals surface area contributed by atoms with Crippen molar-refractivity contribution in [1.82, 2.24) is 3.71 Å². The maximum absolute atomic E-state index is 15.2. The van der Waals surface area contributed by atoms with Crippen molar-refractivity contribution >= 4 is 26.0 Å². The SMILES string of the molecule is O=C(OCC12CC3CC(CC(C3)C1)C2)C(F)(F)S(=O)(=O)N(CCC1(c2ccccc2)OCCO1)S(=O)(=O)C(F)(F)F. The number of hydrogen-bond donors (Lipinski definition) is 0. The molecule has 5 fully saturated rings. The minimum atomic E-state index is -6.92. The third kappa shape index (κ3) is 5.38. The standard InChI is InChI=1S/C25H30F5NO8S2/c26-24(27,21(32)37-16-22-13-17-10-18(14-22)12-19(11-17)15-22)40(33,34)31(41(35,36)25(28,29)30)7-6-23(38-8-9-39-23)20-4-2-1-3-5-20/h1-5,17-19H,6-16H2. The molecular weight excluding hydrogens is 601 g/mol. The summed E-state index contributed by atoms with van der Waals surface area (Å²) in [7, 11) is -13.7. The third-order valence-corrected chi connectivity index (χ3v) is 12.7. The first-order chi connectivity index (χ1) is 19.0. The molecule has 16 heteroatoms. The van der Waals surface area contributed by atoms with E-state index < -0.39 is 71.3 Å². The van der Waals surface area contributed by atoms with Gasteiger partial charge in [-0.1, -0.05) is 34.0 Å². The van der Waals surface area contributed by atoms with Crippen molar-refractivity contribution in [3.8, 4) is 0 Å². The molecule has 230 valence electrons. The molecule has 0 amide bonds. The summed E-state index contributed by atoms with van der Waals surface area (Å²) >= 11 is 0. The maximum atomic E-state index is 15.2. The second-order valence-corrected chi connectivity index (χ2v) is 15.5. The van der Waals surface area contributed by atoms with Crippen LogP contribution in [0.1, 0.15) is 50.5 Å². The van der Waals surface area contributed by atoms with Crippen molar-refractivity contribution in [2.24, 2.45) is 23.2 Å². The first-order valence-corrected chi connectivity index (χ1v) is 16.1. The minimum Gasteiger partial charge on any atom is -0.460 e. The van der Waals surface area contributed by atoms with Crippen molar-refractivity contribution in [2.75, 3.05) is 26.4 Å². The quantitative estimate of drug-likeness (QED) is 0.280. The molecule has 5 aliphatic rings. The molecule has 0 unspecified atom stereocenters. The molecule has 0 atom stereocenters. The van der Waals surface area contributed by atoms with Gasteiger partial charge >= 0.3 is 36.8 Å². The largest absolute Gasteiger partial charge is 0.512 e. The van der Waals surface area contributed by atoms with Gasteiger partial charge < -0.3 is 14.2 Å². The Balaban J connectivity index is 1.39. The van der Waals surface area contributed by atoms with Gasteiger partial charge in [-0.05, 0) is 56.3 Å². The van der Waals surface area contributed by atoms with Crippen LogP contribution in [0.4, 0.5) is 22.0 Å². The number of nitrogens with zero attached hydrogens (tertiary/aromatic N) is 1. The Bertz CT molecular complexity index is 1330. The van der Waals surface area contributed by atoms with Gasteiger partial charge in [0.15, 0.2) is 5.79 Å². The van der Waals surface area contributed by atoms with Gasteiger partial charge in [-0.3, -0.25) is 0 Å². The molecule has 6 rings (SSSR count). The van der Waals surface area contributed by atoms with Crippen LogP contribution >= 0.6 is 0 Å². The van der Waals surface area contributed by atoms with E-state index in [1.165, 1.54) is 24.3 Å². The number of benzene rings is 1. The van der Waals surface area contributed by atoms with Gasteiger partial charge in [0.25, 0.3) is 0 Å². The summed E-state index contributed by atoms with van der Waals surface area (Å²) < 4.78 is 136. The number of esters is 1. The summed E-state index contributed by atoms with van der Waals surface area (Å²) in [5.41, 5.74) is -6.70. The highest BCUT2D eigenvalue weighted by Crippen LogP contribution is 2.60. The first kappa shape index (κ1) is 30.6. The molecule has 0 radical (unpaired) electrons. The highest BCUT2D eigenvalue weighted by molar-refractivity contribution is 8.05. The van der Waals surface area contributed by atoms with Gasteiger partial charge in [0.1, 0.15) is 0 Å². The van der Waals surface area contributed by atoms with E-state index in [-0.39, 0.29) is 18.8 Å². The lowest BCUT2D eigenvalue weighted by Gasteiger charge is -2.56. The maximum Gasteiger partial charge on any atom is 0.512 e. The van der Waals surface area contributed by atoms with Crippen LogP contribution in [0.5, 0.6) is 0 Å². The van der Waals surface area contributed by atoms with Gasteiger partial charge in [-0.25, -0.2) is 21.6 Å². The van der Waals surface area contributed by atoms with Gasteiger partial charge in [0.05, 0.1) is 19.8 Å². The second-order valence-electron chi connectivity index (χ2n) is 11.5. The van der Waals surface area contributed by atoms with Gasteiger partial charge in [-0.15, -0.1) is 0 Å². The molecule has 4 bridgehead atoms. The highest BCUT2D eigenvalue weighted by atomic mass is 32.3. The number of sulfonamides is 2. The summed E-state index contributed by atoms with van der Waals surface area (Å²) in [4.78, 5) is 12.5. The van der Waals surface area contributed by atoms with Crippen molar-refractivity contribution < 1.29 is 57.8 Å². The van der Waals surface area contributed by atoms with E-state index >= 15 is 8.78 Å². The number of hydrogen-bond acceptors (Lipinski definition) is 8. The topological polar surface area (TPSA) is 116 Å². The highest BCUT2D eigenvalue weighted by Gasteiger charge is 2.65. The molecule has 4 saturated carbocycles. The van der Waals surface area contributed by atoms with Crippen molar-refractivity contribution in [3.05, 3.63) is 35.9 Å². The lowest BCUT2D eigenvalue weighted by molar-refractivity contribution is -0.172. The molecule has 41 heavy (non-hydrogen) atoms. The predicted octanol–water partition coefficient (Wildman–Crippen LogP) is 4.11. The summed E-state index contributed by atoms with van der Waals surface area (Å²) in [6, 6.07) is 7.47. The fourth-order valence-corrected chi connectivity index (χ4v) is 10.3. The zero-order valence-electron chi connectivity index (χ0n) is 21.8. The van der Waals surface area contributed by atoms with Crippen LogP contribution in [0, 0.1) is 23.2 Å². The molecule has 1 heterocycles. The number of carbonyl (C=O) groups is 1. The van der Waals surface area contributed by atoms with Crippen molar-refractivity contribution in [3.63, 3.8) is 0 Å². The van der Waals surface area contributed by atoms with Gasteiger partial charge in [-0.2, -0.15) is 22.0 Å². The van der Waals surface area contributed by atoms with Crippen molar-refractivity contribution in [1.29, 1.82) is 0 Å². The normalized spacial score (nSPS) is 29.7. The molecule has 0 spiro atoms. The summed E-state index contributed by atoms with van der Waals surface area (Å²) in [6.45, 7) is -2.34. The first-order valence-electron chi connectivity index (χ1n) is 13.2. The van der Waals surface area contributed by atoms with E-state index in [1.54, 1.807) is 6.07 Å². The molecule has 0 aromatic heterocycles. The molecule has 1 aromatic rings. The van der Waals surface area contributed by atoms with Crippen molar-refractivity contribution in [2.45, 2.75) is 61.5 Å². The Hall–Kier alpha value is -1.88. The second kappa shape index (κ2) is 10.4. The van der Waals surface area contributed by atoms with Crippen LogP contribution in [-0.2, 0) is 44.8 Å². The molecule has 1 saturated heterocycles. The zero-order valence-corrected chi connectivity index (χ0v) is 23.4. The molecule has 4 aliphatic carbocycles. The van der Waals surface area contributed by atoms with Crippen LogP contribution in [0.25, 0.3) is 0 Å². The monoisotopic (exact) mass is 631 g/mol. The smallest absolute Gasteiger partial charge is 0.460 e. The van der Waals surface area contributed by atoms with Crippen LogP contribution < -0.4 is 0 Å². The number of alkyl halides is 5.